The van der Waals surface area contributed by atoms with Gasteiger partial charge in [-0.05, 0) is 11.6 Å². The van der Waals surface area contributed by atoms with E-state index in [1.54, 1.807) is 0 Å². The van der Waals surface area contributed by atoms with Crippen molar-refractivity contribution in [3.8, 4) is 0 Å². The molecule has 0 unspecified atom stereocenters. The van der Waals surface area contributed by atoms with Crippen LogP contribution >= 0.6 is 0 Å². The summed E-state index contributed by atoms with van der Waals surface area (Å²) in [6.07, 6.45) is 1.84. The monoisotopic (exact) mass is 193 g/mol. The van der Waals surface area contributed by atoms with Crippen LogP contribution in [0.4, 0.5) is 5.82 Å². The molecular formula is C10H15N3O. The van der Waals surface area contributed by atoms with Crippen molar-refractivity contribution in [2.45, 2.75) is 6.54 Å². The minimum Gasteiger partial charge on any atom is -0.384 e. The number of anilines is 1. The number of hydrogen-bond donors (Lipinski definition) is 1. The number of ether oxygens (including phenoxy) is 1. The van der Waals surface area contributed by atoms with Gasteiger partial charge in [-0.1, -0.05) is 6.07 Å². The lowest BCUT2D eigenvalue weighted by Crippen LogP contribution is -2.35. The van der Waals surface area contributed by atoms with Crippen LogP contribution < -0.4 is 5.73 Å². The van der Waals surface area contributed by atoms with E-state index >= 15 is 0 Å². The average Bonchev–Trinajstić information content (AvgIpc) is 2.23. The van der Waals surface area contributed by atoms with Gasteiger partial charge in [-0.3, -0.25) is 4.90 Å². The zero-order valence-electron chi connectivity index (χ0n) is 8.15. The number of morpholine rings is 1. The van der Waals surface area contributed by atoms with Crippen molar-refractivity contribution in [2.75, 3.05) is 32.0 Å². The topological polar surface area (TPSA) is 51.4 Å². The van der Waals surface area contributed by atoms with Crippen molar-refractivity contribution in [1.82, 2.24) is 9.88 Å². The summed E-state index contributed by atoms with van der Waals surface area (Å²) in [5.41, 5.74) is 6.72. The molecule has 4 nitrogen and oxygen atoms in total. The van der Waals surface area contributed by atoms with Crippen LogP contribution in [0.15, 0.2) is 18.3 Å². The number of nitrogens with two attached hydrogens (primary N) is 1. The Bertz CT molecular complexity index is 280. The molecule has 0 aliphatic carbocycles. The third-order valence-electron chi connectivity index (χ3n) is 2.36. The standard InChI is InChI=1S/C10H15N3O/c11-10-2-1-9(7-12-10)8-13-3-5-14-6-4-13/h1-2,7H,3-6,8H2,(H2,11,12). The number of pyridine rings is 1. The quantitative estimate of drug-likeness (QED) is 0.743. The SMILES string of the molecule is Nc1ccc(CN2CCOCC2)cn1. The molecule has 1 aromatic heterocycles. The van der Waals surface area contributed by atoms with E-state index in [2.05, 4.69) is 9.88 Å². The van der Waals surface area contributed by atoms with Crippen molar-refractivity contribution < 1.29 is 4.74 Å². The van der Waals surface area contributed by atoms with E-state index in [9.17, 15) is 0 Å². The number of nitrogens with zero attached hydrogens (tertiary/aromatic N) is 2. The molecule has 2 heterocycles. The molecule has 2 rings (SSSR count). The molecule has 1 saturated heterocycles. The minimum atomic E-state index is 0.579. The van der Waals surface area contributed by atoms with E-state index in [-0.39, 0.29) is 0 Å². The van der Waals surface area contributed by atoms with Crippen LogP contribution in [0.25, 0.3) is 0 Å². The zero-order valence-corrected chi connectivity index (χ0v) is 8.15. The van der Waals surface area contributed by atoms with Crippen molar-refractivity contribution in [3.05, 3.63) is 23.9 Å². The maximum atomic E-state index is 5.52. The van der Waals surface area contributed by atoms with Gasteiger partial charge < -0.3 is 10.5 Å². The maximum Gasteiger partial charge on any atom is 0.123 e. The lowest BCUT2D eigenvalue weighted by Gasteiger charge is -2.26. The molecule has 0 spiro atoms. The summed E-state index contributed by atoms with van der Waals surface area (Å²) < 4.78 is 5.28. The maximum absolute atomic E-state index is 5.52. The molecule has 14 heavy (non-hydrogen) atoms. The molecule has 1 aliphatic rings. The Morgan fingerprint density at radius 1 is 1.36 bits per heavy atom. The van der Waals surface area contributed by atoms with Crippen LogP contribution in [0.3, 0.4) is 0 Å². The second-order valence-electron chi connectivity index (χ2n) is 3.48. The largest absolute Gasteiger partial charge is 0.384 e. The van der Waals surface area contributed by atoms with Gasteiger partial charge in [-0.2, -0.15) is 0 Å². The van der Waals surface area contributed by atoms with Crippen molar-refractivity contribution in [3.63, 3.8) is 0 Å². The highest BCUT2D eigenvalue weighted by atomic mass is 16.5. The molecule has 0 atom stereocenters. The number of rotatable bonds is 2. The Labute approximate surface area is 83.7 Å². The van der Waals surface area contributed by atoms with E-state index in [1.807, 2.05) is 18.3 Å². The van der Waals surface area contributed by atoms with E-state index in [4.69, 9.17) is 10.5 Å². The predicted molar refractivity (Wildman–Crippen MR) is 54.7 cm³/mol. The molecule has 0 saturated carbocycles. The number of hydrogen-bond acceptors (Lipinski definition) is 4. The molecule has 1 fully saturated rings. The summed E-state index contributed by atoms with van der Waals surface area (Å²) in [4.78, 5) is 6.42. The first-order valence-corrected chi connectivity index (χ1v) is 4.85. The fourth-order valence-corrected chi connectivity index (χ4v) is 1.55. The normalized spacial score (nSPS) is 18.3. The van der Waals surface area contributed by atoms with Crippen molar-refractivity contribution in [1.29, 1.82) is 0 Å². The van der Waals surface area contributed by atoms with Crippen LogP contribution in [0.1, 0.15) is 5.56 Å². The fourth-order valence-electron chi connectivity index (χ4n) is 1.55. The molecule has 4 heteroatoms. The van der Waals surface area contributed by atoms with Gasteiger partial charge in [0.15, 0.2) is 0 Å². The van der Waals surface area contributed by atoms with Gasteiger partial charge in [-0.15, -0.1) is 0 Å². The highest BCUT2D eigenvalue weighted by Crippen LogP contribution is 2.07. The summed E-state index contributed by atoms with van der Waals surface area (Å²) in [6.45, 7) is 4.62. The second-order valence-corrected chi connectivity index (χ2v) is 3.48. The van der Waals surface area contributed by atoms with Crippen molar-refractivity contribution >= 4 is 5.82 Å². The predicted octanol–water partition coefficient (Wildman–Crippen LogP) is 0.496. The van der Waals surface area contributed by atoms with Gasteiger partial charge >= 0.3 is 0 Å². The molecule has 0 aromatic carbocycles. The van der Waals surface area contributed by atoms with Crippen LogP contribution in [-0.4, -0.2) is 36.2 Å². The lowest BCUT2D eigenvalue weighted by molar-refractivity contribution is 0.0341. The Hall–Kier alpha value is -1.13. The summed E-state index contributed by atoms with van der Waals surface area (Å²) >= 11 is 0. The van der Waals surface area contributed by atoms with Gasteiger partial charge in [0, 0.05) is 25.8 Å². The summed E-state index contributed by atoms with van der Waals surface area (Å²) in [7, 11) is 0. The third-order valence-corrected chi connectivity index (χ3v) is 2.36. The van der Waals surface area contributed by atoms with E-state index in [1.165, 1.54) is 5.56 Å². The van der Waals surface area contributed by atoms with Gasteiger partial charge in [0.2, 0.25) is 0 Å². The molecule has 76 valence electrons. The first-order chi connectivity index (χ1) is 6.84. The van der Waals surface area contributed by atoms with E-state index in [0.29, 0.717) is 5.82 Å². The molecule has 0 bridgehead atoms. The highest BCUT2D eigenvalue weighted by molar-refractivity contribution is 5.29. The Morgan fingerprint density at radius 3 is 2.79 bits per heavy atom. The summed E-state index contributed by atoms with van der Waals surface area (Å²) in [6, 6.07) is 3.87. The van der Waals surface area contributed by atoms with Crippen LogP contribution in [0.2, 0.25) is 0 Å². The third kappa shape index (κ3) is 2.43. The van der Waals surface area contributed by atoms with Gasteiger partial charge in [0.05, 0.1) is 13.2 Å². The van der Waals surface area contributed by atoms with Gasteiger partial charge in [0.25, 0.3) is 0 Å². The molecule has 2 N–H and O–H groups in total. The fraction of sp³-hybridized carbons (Fsp3) is 0.500. The summed E-state index contributed by atoms with van der Waals surface area (Å²) in [5.74, 6) is 0.579. The van der Waals surface area contributed by atoms with Gasteiger partial charge in [-0.25, -0.2) is 4.98 Å². The smallest absolute Gasteiger partial charge is 0.123 e. The molecule has 0 amide bonds. The van der Waals surface area contributed by atoms with Crippen LogP contribution in [-0.2, 0) is 11.3 Å². The zero-order chi connectivity index (χ0) is 9.80. The first kappa shape index (κ1) is 9.43. The lowest BCUT2D eigenvalue weighted by atomic mass is 10.2. The van der Waals surface area contributed by atoms with E-state index in [0.717, 1.165) is 32.8 Å². The molecular weight excluding hydrogens is 178 g/mol. The Morgan fingerprint density at radius 2 is 2.14 bits per heavy atom. The Balaban J connectivity index is 1.92. The first-order valence-electron chi connectivity index (χ1n) is 4.85. The average molecular weight is 193 g/mol. The highest BCUT2D eigenvalue weighted by Gasteiger charge is 2.10. The Kier molecular flexibility index (Phi) is 2.96. The van der Waals surface area contributed by atoms with E-state index < -0.39 is 0 Å². The summed E-state index contributed by atoms with van der Waals surface area (Å²) in [5, 5.41) is 0. The number of nitrogen functional groups attached to an aromatic ring is 1. The molecule has 0 radical (unpaired) electrons. The second kappa shape index (κ2) is 4.39. The number of aromatic nitrogens is 1. The molecule has 1 aromatic rings. The van der Waals surface area contributed by atoms with Gasteiger partial charge in [0.1, 0.15) is 5.82 Å². The van der Waals surface area contributed by atoms with Crippen molar-refractivity contribution in [2.24, 2.45) is 0 Å². The van der Waals surface area contributed by atoms with Crippen LogP contribution in [0, 0.1) is 0 Å². The van der Waals surface area contributed by atoms with Crippen LogP contribution in [0.5, 0.6) is 0 Å². The minimum absolute atomic E-state index is 0.579. The molecule has 1 aliphatic heterocycles.